The van der Waals surface area contributed by atoms with Crippen molar-refractivity contribution in [1.29, 1.82) is 0 Å². The Morgan fingerprint density at radius 3 is 3.10 bits per heavy atom. The van der Waals surface area contributed by atoms with Crippen molar-refractivity contribution in [2.75, 3.05) is 12.3 Å². The van der Waals surface area contributed by atoms with Gasteiger partial charge in [-0.1, -0.05) is 11.3 Å². The van der Waals surface area contributed by atoms with Gasteiger partial charge in [-0.15, -0.1) is 10.2 Å². The summed E-state index contributed by atoms with van der Waals surface area (Å²) >= 11 is 1.47. The molecule has 8 heteroatoms. The summed E-state index contributed by atoms with van der Waals surface area (Å²) in [4.78, 5) is 4.84. The average Bonchev–Trinajstić information content (AvgIpc) is 3.14. The van der Waals surface area contributed by atoms with E-state index in [1.165, 1.54) is 11.3 Å². The van der Waals surface area contributed by atoms with Gasteiger partial charge in [0, 0.05) is 24.6 Å². The molecule has 102 valence electrons. The Balaban J connectivity index is 1.79. The molecule has 0 radical (unpaired) electrons. The summed E-state index contributed by atoms with van der Waals surface area (Å²) in [7, 11) is 0. The van der Waals surface area contributed by atoms with Gasteiger partial charge in [0.2, 0.25) is 4.96 Å². The van der Waals surface area contributed by atoms with Gasteiger partial charge in [-0.25, -0.2) is 0 Å². The maximum atomic E-state index is 5.75. The third kappa shape index (κ3) is 1.84. The van der Waals surface area contributed by atoms with E-state index in [-0.39, 0.29) is 6.10 Å². The van der Waals surface area contributed by atoms with Crippen molar-refractivity contribution in [3.63, 3.8) is 0 Å². The Kier molecular flexibility index (Phi) is 2.64. The molecule has 20 heavy (non-hydrogen) atoms. The Morgan fingerprint density at radius 1 is 1.35 bits per heavy atom. The first-order valence-corrected chi connectivity index (χ1v) is 7.17. The molecule has 1 aliphatic rings. The second-order valence-electron chi connectivity index (χ2n) is 4.67. The zero-order valence-electron chi connectivity index (χ0n) is 10.6. The number of hydrogen-bond acceptors (Lipinski definition) is 7. The fraction of sp³-hybridized carbons (Fsp3) is 0.333. The molecule has 1 atom stereocenters. The number of hydrogen-bond donors (Lipinski definition) is 1. The van der Waals surface area contributed by atoms with E-state index >= 15 is 0 Å². The lowest BCUT2D eigenvalue weighted by Gasteiger charge is -2.04. The van der Waals surface area contributed by atoms with E-state index in [2.05, 4.69) is 20.3 Å². The van der Waals surface area contributed by atoms with Crippen molar-refractivity contribution in [2.24, 2.45) is 0 Å². The molecule has 0 amide bonds. The van der Waals surface area contributed by atoms with Crippen molar-refractivity contribution in [3.05, 3.63) is 24.3 Å². The fourth-order valence-corrected chi connectivity index (χ4v) is 3.13. The minimum absolute atomic E-state index is 0.00100. The molecule has 1 fully saturated rings. The lowest BCUT2D eigenvalue weighted by atomic mass is 10.2. The zero-order chi connectivity index (χ0) is 13.5. The number of nitrogens with two attached hydrogens (primary N) is 1. The number of anilines is 1. The highest BCUT2D eigenvalue weighted by atomic mass is 32.1. The van der Waals surface area contributed by atoms with Crippen LogP contribution < -0.4 is 5.73 Å². The molecule has 0 saturated carbocycles. The van der Waals surface area contributed by atoms with Crippen LogP contribution in [0.3, 0.4) is 0 Å². The molecule has 3 aromatic rings. The molecule has 1 saturated heterocycles. The summed E-state index contributed by atoms with van der Waals surface area (Å²) in [5, 5.41) is 13.7. The second-order valence-corrected chi connectivity index (χ2v) is 5.62. The molecule has 7 nitrogen and oxygen atoms in total. The van der Waals surface area contributed by atoms with Crippen LogP contribution in [0.25, 0.3) is 15.5 Å². The van der Waals surface area contributed by atoms with Gasteiger partial charge in [-0.05, 0) is 18.9 Å². The molecule has 3 aromatic heterocycles. The minimum atomic E-state index is -0.00100. The first kappa shape index (κ1) is 11.7. The SMILES string of the molecule is Nc1cncc(-c2nn3c(C4CCCO4)nnc3s2)c1. The molecule has 1 unspecified atom stereocenters. The zero-order valence-corrected chi connectivity index (χ0v) is 11.4. The molecule has 2 N–H and O–H groups in total. The highest BCUT2D eigenvalue weighted by molar-refractivity contribution is 7.19. The normalized spacial score (nSPS) is 18.9. The van der Waals surface area contributed by atoms with Gasteiger partial charge < -0.3 is 10.5 Å². The molecule has 0 aliphatic carbocycles. The van der Waals surface area contributed by atoms with E-state index in [1.54, 1.807) is 16.9 Å². The fourth-order valence-electron chi connectivity index (χ4n) is 2.31. The average molecular weight is 288 g/mol. The van der Waals surface area contributed by atoms with Crippen molar-refractivity contribution < 1.29 is 4.74 Å². The van der Waals surface area contributed by atoms with E-state index in [9.17, 15) is 0 Å². The Bertz CT molecular complexity index is 760. The molecule has 0 aromatic carbocycles. The predicted molar refractivity (Wildman–Crippen MR) is 74.2 cm³/mol. The van der Waals surface area contributed by atoms with E-state index in [4.69, 9.17) is 10.5 Å². The third-order valence-electron chi connectivity index (χ3n) is 3.24. The third-order valence-corrected chi connectivity index (χ3v) is 4.19. The summed E-state index contributed by atoms with van der Waals surface area (Å²) in [5.74, 6) is 0.775. The van der Waals surface area contributed by atoms with Crippen molar-refractivity contribution >= 4 is 22.0 Å². The molecule has 1 aliphatic heterocycles. The second kappa shape index (κ2) is 4.50. The van der Waals surface area contributed by atoms with Gasteiger partial charge in [-0.3, -0.25) is 4.98 Å². The lowest BCUT2D eigenvalue weighted by Crippen LogP contribution is -2.03. The van der Waals surface area contributed by atoms with Crippen LogP contribution in [0, 0.1) is 0 Å². The van der Waals surface area contributed by atoms with Crippen LogP contribution in [0.2, 0.25) is 0 Å². The van der Waals surface area contributed by atoms with Crippen molar-refractivity contribution in [1.82, 2.24) is 24.8 Å². The maximum absolute atomic E-state index is 5.75. The monoisotopic (exact) mass is 288 g/mol. The van der Waals surface area contributed by atoms with Crippen molar-refractivity contribution in [2.45, 2.75) is 18.9 Å². The smallest absolute Gasteiger partial charge is 0.235 e. The van der Waals surface area contributed by atoms with Crippen LogP contribution in [-0.4, -0.2) is 31.4 Å². The summed E-state index contributed by atoms with van der Waals surface area (Å²) in [6.07, 6.45) is 5.37. The number of nitrogen functional groups attached to an aromatic ring is 1. The van der Waals surface area contributed by atoms with E-state index in [1.807, 2.05) is 6.07 Å². The van der Waals surface area contributed by atoms with Gasteiger partial charge in [0.05, 0.1) is 5.69 Å². The van der Waals surface area contributed by atoms with Gasteiger partial charge in [0.15, 0.2) is 5.82 Å². The van der Waals surface area contributed by atoms with Gasteiger partial charge in [0.1, 0.15) is 11.1 Å². The number of nitrogens with zero attached hydrogens (tertiary/aromatic N) is 5. The predicted octanol–water partition coefficient (Wildman–Crippen LogP) is 1.68. The summed E-state index contributed by atoms with van der Waals surface area (Å²) < 4.78 is 7.41. The minimum Gasteiger partial charge on any atom is -0.397 e. The first-order chi connectivity index (χ1) is 9.81. The Hall–Kier alpha value is -2.06. The quantitative estimate of drug-likeness (QED) is 0.771. The largest absolute Gasteiger partial charge is 0.397 e. The van der Waals surface area contributed by atoms with Gasteiger partial charge >= 0.3 is 0 Å². The van der Waals surface area contributed by atoms with Crippen LogP contribution in [0.1, 0.15) is 24.8 Å². The maximum Gasteiger partial charge on any atom is 0.235 e. The Labute approximate surface area is 118 Å². The molecule has 0 spiro atoms. The first-order valence-electron chi connectivity index (χ1n) is 6.36. The Morgan fingerprint density at radius 2 is 2.30 bits per heavy atom. The van der Waals surface area contributed by atoms with Crippen LogP contribution in [0.4, 0.5) is 5.69 Å². The number of fused-ring (bicyclic) bond motifs is 1. The van der Waals surface area contributed by atoms with Gasteiger partial charge in [0.25, 0.3) is 0 Å². The summed E-state index contributed by atoms with van der Waals surface area (Å²) in [5.41, 5.74) is 7.26. The molecular weight excluding hydrogens is 276 g/mol. The highest BCUT2D eigenvalue weighted by Gasteiger charge is 2.25. The number of aromatic nitrogens is 5. The lowest BCUT2D eigenvalue weighted by molar-refractivity contribution is 0.103. The standard InChI is InChI=1S/C12H12N6OS/c13-8-4-7(5-14-6-8)11-17-18-10(9-2-1-3-19-9)15-16-12(18)20-11/h4-6,9H,1-3,13H2. The van der Waals surface area contributed by atoms with Crippen LogP contribution in [0.5, 0.6) is 0 Å². The van der Waals surface area contributed by atoms with Crippen LogP contribution in [-0.2, 0) is 4.74 Å². The van der Waals surface area contributed by atoms with Crippen LogP contribution in [0.15, 0.2) is 18.5 Å². The summed E-state index contributed by atoms with van der Waals surface area (Å²) in [6, 6.07) is 1.85. The number of ether oxygens (including phenoxy) is 1. The van der Waals surface area contributed by atoms with Crippen LogP contribution >= 0.6 is 11.3 Å². The molecule has 0 bridgehead atoms. The van der Waals surface area contributed by atoms with E-state index in [0.29, 0.717) is 5.69 Å². The molecular formula is C12H12N6OS. The van der Waals surface area contributed by atoms with E-state index in [0.717, 1.165) is 40.8 Å². The number of rotatable bonds is 2. The highest BCUT2D eigenvalue weighted by Crippen LogP contribution is 2.31. The number of pyridine rings is 1. The topological polar surface area (TPSA) is 91.2 Å². The van der Waals surface area contributed by atoms with Crippen molar-refractivity contribution in [3.8, 4) is 10.6 Å². The van der Waals surface area contributed by atoms with Gasteiger partial charge in [-0.2, -0.15) is 9.61 Å². The molecule has 4 rings (SSSR count). The van der Waals surface area contributed by atoms with E-state index < -0.39 is 0 Å². The molecule has 4 heterocycles. The summed E-state index contributed by atoms with van der Waals surface area (Å²) in [6.45, 7) is 0.774.